The Bertz CT molecular complexity index is 838. The van der Waals surface area contributed by atoms with E-state index >= 15 is 0 Å². The molecule has 3 heterocycles. The van der Waals surface area contributed by atoms with E-state index in [4.69, 9.17) is 4.74 Å². The van der Waals surface area contributed by atoms with E-state index in [1.54, 1.807) is 11.3 Å². The van der Waals surface area contributed by atoms with Gasteiger partial charge in [0, 0.05) is 31.6 Å². The fourth-order valence-corrected chi connectivity index (χ4v) is 5.15. The number of carbonyl (C=O) groups excluding carboxylic acids is 1. The van der Waals surface area contributed by atoms with Crippen LogP contribution in [0.4, 0.5) is 0 Å². The van der Waals surface area contributed by atoms with E-state index in [0.29, 0.717) is 18.2 Å². The number of piperidine rings is 1. The molecule has 2 saturated heterocycles. The van der Waals surface area contributed by atoms with E-state index in [9.17, 15) is 4.79 Å². The molecule has 0 unspecified atom stereocenters. The number of aryl methyl sites for hydroxylation is 2. The van der Waals surface area contributed by atoms with Crippen molar-refractivity contribution >= 4 is 17.2 Å². The maximum absolute atomic E-state index is 13.2. The number of nitrogens with zero attached hydrogens (tertiary/aromatic N) is 3. The monoisotopic (exact) mass is 427 g/mol. The van der Waals surface area contributed by atoms with Gasteiger partial charge in [0.05, 0.1) is 11.1 Å². The highest BCUT2D eigenvalue weighted by molar-refractivity contribution is 7.09. The highest BCUT2D eigenvalue weighted by Gasteiger charge is 2.28. The minimum atomic E-state index is 0.0668. The van der Waals surface area contributed by atoms with Crippen molar-refractivity contribution in [1.82, 2.24) is 14.8 Å². The van der Waals surface area contributed by atoms with Crippen molar-refractivity contribution in [2.24, 2.45) is 5.92 Å². The summed E-state index contributed by atoms with van der Waals surface area (Å²) < 4.78 is 5.84. The first-order chi connectivity index (χ1) is 14.6. The average molecular weight is 428 g/mol. The largest absolute Gasteiger partial charge is 0.376 e. The molecule has 2 fully saturated rings. The Kier molecular flexibility index (Phi) is 7.18. The molecule has 4 rings (SSSR count). The molecular weight excluding hydrogens is 394 g/mol. The molecule has 0 radical (unpaired) electrons. The molecule has 2 aliphatic rings. The molecule has 1 amide bonds. The Labute approximate surface area is 184 Å². The Morgan fingerprint density at radius 3 is 2.67 bits per heavy atom. The fraction of sp³-hybridized carbons (Fsp3) is 0.583. The van der Waals surface area contributed by atoms with Gasteiger partial charge >= 0.3 is 0 Å². The van der Waals surface area contributed by atoms with Crippen LogP contribution in [0.25, 0.3) is 0 Å². The van der Waals surface area contributed by atoms with Crippen molar-refractivity contribution in [2.75, 3.05) is 32.8 Å². The van der Waals surface area contributed by atoms with E-state index in [-0.39, 0.29) is 12.0 Å². The van der Waals surface area contributed by atoms with Gasteiger partial charge in [0.15, 0.2) is 0 Å². The van der Waals surface area contributed by atoms with Crippen LogP contribution in [-0.2, 0) is 11.3 Å². The molecule has 0 N–H and O–H groups in total. The third-order valence-corrected chi connectivity index (χ3v) is 7.19. The normalized spacial score (nSPS) is 20.5. The minimum Gasteiger partial charge on any atom is -0.376 e. The van der Waals surface area contributed by atoms with Crippen molar-refractivity contribution in [3.8, 4) is 0 Å². The summed E-state index contributed by atoms with van der Waals surface area (Å²) in [5, 5.41) is 2.84. The van der Waals surface area contributed by atoms with Gasteiger partial charge in [-0.05, 0) is 69.7 Å². The second-order valence-electron chi connectivity index (χ2n) is 8.74. The van der Waals surface area contributed by atoms with Crippen LogP contribution in [0.1, 0.15) is 52.3 Å². The average Bonchev–Trinajstić information content (AvgIpc) is 3.42. The van der Waals surface area contributed by atoms with Gasteiger partial charge in [-0.15, -0.1) is 11.3 Å². The first kappa shape index (κ1) is 21.5. The predicted molar refractivity (Wildman–Crippen MR) is 121 cm³/mol. The molecule has 1 atom stereocenters. The molecule has 0 spiro atoms. The number of hydrogen-bond donors (Lipinski definition) is 0. The lowest BCUT2D eigenvalue weighted by Gasteiger charge is -2.35. The summed E-state index contributed by atoms with van der Waals surface area (Å²) in [6.45, 7) is 9.68. The van der Waals surface area contributed by atoms with Crippen molar-refractivity contribution < 1.29 is 9.53 Å². The van der Waals surface area contributed by atoms with Crippen LogP contribution in [-0.4, -0.2) is 59.6 Å². The first-order valence-corrected chi connectivity index (χ1v) is 12.1. The second-order valence-corrected chi connectivity index (χ2v) is 9.81. The van der Waals surface area contributed by atoms with Crippen molar-refractivity contribution in [3.05, 3.63) is 51.5 Å². The van der Waals surface area contributed by atoms with Crippen LogP contribution in [0.2, 0.25) is 0 Å². The van der Waals surface area contributed by atoms with E-state index in [1.807, 2.05) is 17.2 Å². The molecule has 6 heteroatoms. The number of thiazole rings is 1. The Morgan fingerprint density at radius 1 is 1.20 bits per heavy atom. The Balaban J connectivity index is 1.34. The molecule has 1 aromatic heterocycles. The topological polar surface area (TPSA) is 45.7 Å². The number of rotatable bonds is 7. The molecule has 2 aliphatic heterocycles. The zero-order chi connectivity index (χ0) is 20.9. The summed E-state index contributed by atoms with van der Waals surface area (Å²) in [4.78, 5) is 22.2. The van der Waals surface area contributed by atoms with Crippen LogP contribution in [0.3, 0.4) is 0 Å². The van der Waals surface area contributed by atoms with Gasteiger partial charge in [0.25, 0.3) is 5.91 Å². The van der Waals surface area contributed by atoms with Gasteiger partial charge in [-0.2, -0.15) is 0 Å². The number of aromatic nitrogens is 1. The summed E-state index contributed by atoms with van der Waals surface area (Å²) in [7, 11) is 0. The highest BCUT2D eigenvalue weighted by atomic mass is 32.1. The van der Waals surface area contributed by atoms with Crippen molar-refractivity contribution in [3.63, 3.8) is 0 Å². The first-order valence-electron chi connectivity index (χ1n) is 11.2. The van der Waals surface area contributed by atoms with E-state index in [2.05, 4.69) is 41.1 Å². The van der Waals surface area contributed by atoms with Gasteiger partial charge in [0.1, 0.15) is 5.69 Å². The molecule has 0 bridgehead atoms. The van der Waals surface area contributed by atoms with Crippen LogP contribution in [0.5, 0.6) is 0 Å². The van der Waals surface area contributed by atoms with Crippen LogP contribution >= 0.6 is 11.3 Å². The molecule has 5 nitrogen and oxygen atoms in total. The number of amides is 1. The van der Waals surface area contributed by atoms with Gasteiger partial charge in [-0.1, -0.05) is 24.3 Å². The quantitative estimate of drug-likeness (QED) is 0.661. The molecule has 0 aliphatic carbocycles. The number of hydrogen-bond acceptors (Lipinski definition) is 5. The second kappa shape index (κ2) is 10.0. The molecule has 1 aromatic carbocycles. The van der Waals surface area contributed by atoms with Gasteiger partial charge in [0.2, 0.25) is 0 Å². The third-order valence-electron chi connectivity index (χ3n) is 6.41. The van der Waals surface area contributed by atoms with Crippen LogP contribution < -0.4 is 0 Å². The van der Waals surface area contributed by atoms with Crippen LogP contribution in [0.15, 0.2) is 29.6 Å². The third kappa shape index (κ3) is 5.48. The van der Waals surface area contributed by atoms with Crippen molar-refractivity contribution in [1.29, 1.82) is 0 Å². The lowest BCUT2D eigenvalue weighted by Crippen LogP contribution is -2.43. The minimum absolute atomic E-state index is 0.0668. The molecule has 2 aromatic rings. The lowest BCUT2D eigenvalue weighted by atomic mass is 9.95. The summed E-state index contributed by atoms with van der Waals surface area (Å²) in [5.41, 5.74) is 3.38. The number of carbonyl (C=O) groups is 1. The predicted octanol–water partition coefficient (Wildman–Crippen LogP) is 4.29. The smallest absolute Gasteiger partial charge is 0.273 e. The van der Waals surface area contributed by atoms with E-state index in [0.717, 1.165) is 63.5 Å². The van der Waals surface area contributed by atoms with Gasteiger partial charge < -0.3 is 9.64 Å². The Hall–Kier alpha value is -1.76. The molecular formula is C24H33N3O2S. The zero-order valence-corrected chi connectivity index (χ0v) is 19.0. The lowest BCUT2D eigenvalue weighted by molar-refractivity contribution is 0.0441. The molecule has 162 valence electrons. The van der Waals surface area contributed by atoms with Crippen LogP contribution in [0, 0.1) is 19.8 Å². The Morgan fingerprint density at radius 2 is 2.00 bits per heavy atom. The van der Waals surface area contributed by atoms with Gasteiger partial charge in [-0.3, -0.25) is 9.69 Å². The number of likely N-dealkylation sites (tertiary alicyclic amines) is 1. The highest BCUT2D eigenvalue weighted by Crippen LogP contribution is 2.23. The summed E-state index contributed by atoms with van der Waals surface area (Å²) in [6, 6.07) is 8.66. The SMILES string of the molecule is Cc1nc(C(=O)N(CC2CCN(Cc3ccccc3C)CC2)C[C@@H]2CCCO2)cs1. The summed E-state index contributed by atoms with van der Waals surface area (Å²) in [6.07, 6.45) is 4.60. The van der Waals surface area contributed by atoms with E-state index in [1.165, 1.54) is 11.1 Å². The summed E-state index contributed by atoms with van der Waals surface area (Å²) >= 11 is 1.54. The van der Waals surface area contributed by atoms with Gasteiger partial charge in [-0.25, -0.2) is 4.98 Å². The number of benzene rings is 1. The molecule has 0 saturated carbocycles. The standard InChI is InChI=1S/C24H33N3O2S/c1-18-6-3-4-7-21(18)15-26-11-9-20(10-12-26)14-27(16-22-8-5-13-29-22)24(28)23-17-30-19(2)25-23/h3-4,6-7,17,20,22H,5,8-16H2,1-2H3/t22-/m0/s1. The van der Waals surface area contributed by atoms with E-state index < -0.39 is 0 Å². The zero-order valence-electron chi connectivity index (χ0n) is 18.2. The fourth-order valence-electron chi connectivity index (χ4n) is 4.57. The summed E-state index contributed by atoms with van der Waals surface area (Å²) in [5.74, 6) is 0.611. The maximum atomic E-state index is 13.2. The maximum Gasteiger partial charge on any atom is 0.273 e. The molecule has 30 heavy (non-hydrogen) atoms. The van der Waals surface area contributed by atoms with Crippen molar-refractivity contribution in [2.45, 2.75) is 52.2 Å². The number of ether oxygens (including phenoxy) is 1.